The van der Waals surface area contributed by atoms with Crippen molar-refractivity contribution < 1.29 is 26.3 Å². The van der Waals surface area contributed by atoms with E-state index in [4.69, 9.17) is 0 Å². The molecular weight excluding hydrogens is 438 g/mol. The molecule has 0 heterocycles. The first-order valence-corrected chi connectivity index (χ1v) is 10.2. The van der Waals surface area contributed by atoms with Gasteiger partial charge in [-0.1, -0.05) is 60.7 Å². The summed E-state index contributed by atoms with van der Waals surface area (Å²) < 4.78 is 77.0. The number of benzene rings is 4. The number of fused-ring (bicyclic) bond motifs is 3. The predicted octanol–water partition coefficient (Wildman–Crippen LogP) is 8.63. The van der Waals surface area contributed by atoms with Gasteiger partial charge in [-0.3, -0.25) is 0 Å². The van der Waals surface area contributed by atoms with Crippen molar-refractivity contribution in [2.24, 2.45) is 0 Å². The molecule has 0 amide bonds. The molecule has 6 heteroatoms. The second-order valence-electron chi connectivity index (χ2n) is 8.07. The zero-order chi connectivity index (χ0) is 23.4. The summed E-state index contributed by atoms with van der Waals surface area (Å²) in [6.45, 7) is 0. The Bertz CT molecular complexity index is 1220. The molecular formula is C27H16F6. The molecule has 0 radical (unpaired) electrons. The summed E-state index contributed by atoms with van der Waals surface area (Å²) in [5.41, 5.74) is 5.93. The van der Waals surface area contributed by atoms with Crippen LogP contribution in [0.1, 0.15) is 22.3 Å². The van der Waals surface area contributed by atoms with Crippen molar-refractivity contribution in [3.63, 3.8) is 0 Å². The Morgan fingerprint density at radius 3 is 1.09 bits per heavy atom. The summed E-state index contributed by atoms with van der Waals surface area (Å²) in [5.74, 6) is 0. The highest BCUT2D eigenvalue weighted by molar-refractivity contribution is 5.82. The van der Waals surface area contributed by atoms with Gasteiger partial charge in [-0.25, -0.2) is 0 Å². The molecule has 0 spiro atoms. The standard InChI is InChI=1S/C27H16F6/c28-26(29,30)22-7-1-16(2-8-22)18-5-11-24-20(13-18)15-21-14-19(6-12-25(21)24)17-3-9-23(10-4-17)27(31,32)33/h1-14H,15H2. The van der Waals surface area contributed by atoms with Crippen LogP contribution in [-0.2, 0) is 18.8 Å². The average Bonchev–Trinajstić information content (AvgIpc) is 3.15. The van der Waals surface area contributed by atoms with Crippen LogP contribution in [0.25, 0.3) is 33.4 Å². The lowest BCUT2D eigenvalue weighted by atomic mass is 9.97. The first-order chi connectivity index (χ1) is 15.6. The van der Waals surface area contributed by atoms with Gasteiger partial charge >= 0.3 is 12.4 Å². The molecule has 0 saturated heterocycles. The van der Waals surface area contributed by atoms with Gasteiger partial charge < -0.3 is 0 Å². The third-order valence-electron chi connectivity index (χ3n) is 5.97. The molecule has 166 valence electrons. The maximum atomic E-state index is 12.8. The van der Waals surface area contributed by atoms with Gasteiger partial charge in [0.1, 0.15) is 0 Å². The normalized spacial score (nSPS) is 13.0. The van der Waals surface area contributed by atoms with E-state index in [0.29, 0.717) is 17.5 Å². The zero-order valence-electron chi connectivity index (χ0n) is 17.1. The Labute approximate surface area is 186 Å². The van der Waals surface area contributed by atoms with Crippen LogP contribution in [0, 0.1) is 0 Å². The number of rotatable bonds is 2. The van der Waals surface area contributed by atoms with Crippen LogP contribution < -0.4 is 0 Å². The van der Waals surface area contributed by atoms with Crippen molar-refractivity contribution in [3.05, 3.63) is 107 Å². The maximum Gasteiger partial charge on any atom is 0.416 e. The minimum Gasteiger partial charge on any atom is -0.166 e. The van der Waals surface area contributed by atoms with E-state index in [-0.39, 0.29) is 0 Å². The van der Waals surface area contributed by atoms with Crippen LogP contribution in [-0.4, -0.2) is 0 Å². The molecule has 0 aliphatic heterocycles. The van der Waals surface area contributed by atoms with E-state index in [9.17, 15) is 26.3 Å². The molecule has 33 heavy (non-hydrogen) atoms. The summed E-state index contributed by atoms with van der Waals surface area (Å²) >= 11 is 0. The highest BCUT2D eigenvalue weighted by atomic mass is 19.4. The van der Waals surface area contributed by atoms with Crippen LogP contribution >= 0.6 is 0 Å². The molecule has 1 aliphatic carbocycles. The largest absolute Gasteiger partial charge is 0.416 e. The van der Waals surface area contributed by atoms with E-state index in [1.54, 1.807) is 0 Å². The zero-order valence-corrected chi connectivity index (χ0v) is 17.1. The van der Waals surface area contributed by atoms with Crippen molar-refractivity contribution in [1.29, 1.82) is 0 Å². The Morgan fingerprint density at radius 1 is 0.424 bits per heavy atom. The lowest BCUT2D eigenvalue weighted by Gasteiger charge is -2.09. The topological polar surface area (TPSA) is 0 Å². The monoisotopic (exact) mass is 454 g/mol. The van der Waals surface area contributed by atoms with Crippen molar-refractivity contribution in [1.82, 2.24) is 0 Å². The number of hydrogen-bond donors (Lipinski definition) is 0. The summed E-state index contributed by atoms with van der Waals surface area (Å²) in [5, 5.41) is 0. The SMILES string of the molecule is FC(F)(F)c1ccc(-c2ccc3c(c2)Cc2cc(-c4ccc(C(F)(F)F)cc4)ccc2-3)cc1. The molecule has 0 fully saturated rings. The van der Waals surface area contributed by atoms with E-state index in [1.165, 1.54) is 24.3 Å². The smallest absolute Gasteiger partial charge is 0.166 e. The van der Waals surface area contributed by atoms with Crippen molar-refractivity contribution in [3.8, 4) is 33.4 Å². The fourth-order valence-electron chi connectivity index (χ4n) is 4.27. The molecule has 0 N–H and O–H groups in total. The fraction of sp³-hybridized carbons (Fsp3) is 0.111. The first-order valence-electron chi connectivity index (χ1n) is 10.2. The molecule has 0 atom stereocenters. The minimum absolute atomic E-state index is 0.646. The minimum atomic E-state index is -4.37. The molecule has 0 unspecified atom stereocenters. The van der Waals surface area contributed by atoms with Crippen LogP contribution in [0.15, 0.2) is 84.9 Å². The van der Waals surface area contributed by atoms with Crippen molar-refractivity contribution in [2.75, 3.05) is 0 Å². The lowest BCUT2D eigenvalue weighted by Crippen LogP contribution is -2.03. The van der Waals surface area contributed by atoms with Gasteiger partial charge in [0.05, 0.1) is 11.1 Å². The van der Waals surface area contributed by atoms with E-state index in [2.05, 4.69) is 0 Å². The fourth-order valence-corrected chi connectivity index (χ4v) is 4.27. The predicted molar refractivity (Wildman–Crippen MR) is 116 cm³/mol. The number of halogens is 6. The average molecular weight is 454 g/mol. The first kappa shape index (κ1) is 21.3. The second-order valence-corrected chi connectivity index (χ2v) is 8.07. The van der Waals surface area contributed by atoms with Gasteiger partial charge in [0, 0.05) is 0 Å². The van der Waals surface area contributed by atoms with Gasteiger partial charge in [-0.05, 0) is 75.2 Å². The van der Waals surface area contributed by atoms with Crippen LogP contribution in [0.5, 0.6) is 0 Å². The van der Waals surface area contributed by atoms with Gasteiger partial charge in [0.2, 0.25) is 0 Å². The molecule has 0 saturated carbocycles. The quantitative estimate of drug-likeness (QED) is 0.234. The Kier molecular flexibility index (Phi) is 4.85. The molecule has 0 nitrogen and oxygen atoms in total. The molecule has 1 aliphatic rings. The number of hydrogen-bond acceptors (Lipinski definition) is 0. The van der Waals surface area contributed by atoms with Crippen LogP contribution in [0.3, 0.4) is 0 Å². The van der Waals surface area contributed by atoms with E-state index >= 15 is 0 Å². The third-order valence-corrected chi connectivity index (χ3v) is 5.97. The summed E-state index contributed by atoms with van der Waals surface area (Å²) in [7, 11) is 0. The lowest BCUT2D eigenvalue weighted by molar-refractivity contribution is -0.138. The van der Waals surface area contributed by atoms with Crippen LogP contribution in [0.2, 0.25) is 0 Å². The number of alkyl halides is 6. The van der Waals surface area contributed by atoms with Gasteiger partial charge in [-0.15, -0.1) is 0 Å². The maximum absolute atomic E-state index is 12.8. The highest BCUT2D eigenvalue weighted by Gasteiger charge is 2.31. The molecule has 0 bridgehead atoms. The molecule has 0 aromatic heterocycles. The van der Waals surface area contributed by atoms with E-state index < -0.39 is 23.5 Å². The Morgan fingerprint density at radius 2 is 0.758 bits per heavy atom. The van der Waals surface area contributed by atoms with E-state index in [1.807, 2.05) is 36.4 Å². The summed E-state index contributed by atoms with van der Waals surface area (Å²) in [6, 6.07) is 21.8. The summed E-state index contributed by atoms with van der Waals surface area (Å²) in [4.78, 5) is 0. The van der Waals surface area contributed by atoms with Gasteiger partial charge in [0.25, 0.3) is 0 Å². The summed E-state index contributed by atoms with van der Waals surface area (Å²) in [6.07, 6.45) is -8.10. The van der Waals surface area contributed by atoms with Gasteiger partial charge in [-0.2, -0.15) is 26.3 Å². The Balaban J connectivity index is 1.42. The van der Waals surface area contributed by atoms with Gasteiger partial charge in [0.15, 0.2) is 0 Å². The second kappa shape index (κ2) is 7.51. The van der Waals surface area contributed by atoms with Crippen molar-refractivity contribution >= 4 is 0 Å². The third kappa shape index (κ3) is 4.01. The van der Waals surface area contributed by atoms with Crippen molar-refractivity contribution in [2.45, 2.75) is 18.8 Å². The molecule has 4 aromatic rings. The van der Waals surface area contributed by atoms with E-state index in [0.717, 1.165) is 57.6 Å². The van der Waals surface area contributed by atoms with Crippen LogP contribution in [0.4, 0.5) is 26.3 Å². The Hall–Kier alpha value is -3.54. The molecule has 5 rings (SSSR count). The molecule has 4 aromatic carbocycles. The highest BCUT2D eigenvalue weighted by Crippen LogP contribution is 2.41.